The molecule has 2 aromatic rings. The standard InChI is InChI=1S/C12H11F3N4O2/c13-8-3-7(9(14)11(20)10(8)15)12(21)18-6-4-17-19(5-6)2-1-16/h3-5,20H,1-2,16H2,(H,18,21). The number of amides is 1. The van der Waals surface area contributed by atoms with Gasteiger partial charge in [-0.25, -0.2) is 8.78 Å². The van der Waals surface area contributed by atoms with Crippen LogP contribution in [-0.2, 0) is 6.54 Å². The fourth-order valence-electron chi connectivity index (χ4n) is 1.64. The molecule has 21 heavy (non-hydrogen) atoms. The highest BCUT2D eigenvalue weighted by Gasteiger charge is 2.22. The second-order valence-electron chi connectivity index (χ2n) is 4.12. The van der Waals surface area contributed by atoms with Crippen LogP contribution in [0.2, 0.25) is 0 Å². The Morgan fingerprint density at radius 2 is 2.10 bits per heavy atom. The van der Waals surface area contributed by atoms with Crippen molar-refractivity contribution in [1.82, 2.24) is 9.78 Å². The second kappa shape index (κ2) is 5.83. The zero-order chi connectivity index (χ0) is 15.6. The van der Waals surface area contributed by atoms with Gasteiger partial charge in [-0.1, -0.05) is 0 Å². The summed E-state index contributed by atoms with van der Waals surface area (Å²) in [5.41, 5.74) is 4.72. The van der Waals surface area contributed by atoms with E-state index in [1.54, 1.807) is 0 Å². The second-order valence-corrected chi connectivity index (χ2v) is 4.12. The van der Waals surface area contributed by atoms with Gasteiger partial charge in [0.1, 0.15) is 0 Å². The van der Waals surface area contributed by atoms with E-state index in [9.17, 15) is 18.0 Å². The third-order valence-electron chi connectivity index (χ3n) is 2.63. The number of nitrogens with zero attached hydrogens (tertiary/aromatic N) is 2. The van der Waals surface area contributed by atoms with E-state index >= 15 is 0 Å². The van der Waals surface area contributed by atoms with Gasteiger partial charge >= 0.3 is 0 Å². The van der Waals surface area contributed by atoms with Crippen LogP contribution < -0.4 is 11.1 Å². The summed E-state index contributed by atoms with van der Waals surface area (Å²) in [6, 6.07) is 0.365. The number of hydrogen-bond donors (Lipinski definition) is 3. The molecule has 9 heteroatoms. The Hall–Kier alpha value is -2.55. The van der Waals surface area contributed by atoms with Gasteiger partial charge in [0.05, 0.1) is 24.0 Å². The van der Waals surface area contributed by atoms with Gasteiger partial charge in [-0.3, -0.25) is 9.48 Å². The summed E-state index contributed by atoms with van der Waals surface area (Å²) in [5.74, 6) is -7.41. The molecule has 1 heterocycles. The summed E-state index contributed by atoms with van der Waals surface area (Å²) in [4.78, 5) is 11.8. The number of phenolic OH excluding ortho intramolecular Hbond substituents is 1. The normalized spacial score (nSPS) is 10.7. The van der Waals surface area contributed by atoms with Crippen molar-refractivity contribution in [3.8, 4) is 5.75 Å². The minimum absolute atomic E-state index is 0.220. The number of aromatic nitrogens is 2. The molecule has 0 aliphatic carbocycles. The van der Waals surface area contributed by atoms with Crippen molar-refractivity contribution in [3.05, 3.63) is 41.5 Å². The monoisotopic (exact) mass is 300 g/mol. The molecule has 0 unspecified atom stereocenters. The molecule has 0 radical (unpaired) electrons. The van der Waals surface area contributed by atoms with Crippen LogP contribution >= 0.6 is 0 Å². The Bertz CT molecular complexity index is 687. The van der Waals surface area contributed by atoms with Crippen LogP contribution in [-0.4, -0.2) is 27.3 Å². The topological polar surface area (TPSA) is 93.2 Å². The molecule has 1 aromatic carbocycles. The molecule has 0 fully saturated rings. The van der Waals surface area contributed by atoms with Crippen molar-refractivity contribution in [3.63, 3.8) is 0 Å². The molecule has 1 aromatic heterocycles. The van der Waals surface area contributed by atoms with Crippen LogP contribution in [0.3, 0.4) is 0 Å². The van der Waals surface area contributed by atoms with Gasteiger partial charge in [0.2, 0.25) is 5.82 Å². The van der Waals surface area contributed by atoms with Gasteiger partial charge in [-0.05, 0) is 6.07 Å². The summed E-state index contributed by atoms with van der Waals surface area (Å²) in [5, 5.41) is 15.2. The van der Waals surface area contributed by atoms with Gasteiger partial charge in [0.15, 0.2) is 17.4 Å². The number of nitrogens with two attached hydrogens (primary N) is 1. The first-order valence-electron chi connectivity index (χ1n) is 5.84. The molecular weight excluding hydrogens is 289 g/mol. The number of hydrogen-bond acceptors (Lipinski definition) is 4. The van der Waals surface area contributed by atoms with Crippen LogP contribution in [0.1, 0.15) is 10.4 Å². The minimum Gasteiger partial charge on any atom is -0.503 e. The number of aromatic hydroxyl groups is 1. The summed E-state index contributed by atoms with van der Waals surface area (Å²) in [6.45, 7) is 0.747. The molecule has 0 spiro atoms. The Kier molecular flexibility index (Phi) is 4.13. The lowest BCUT2D eigenvalue weighted by Gasteiger charge is -2.06. The molecule has 0 bridgehead atoms. The van der Waals surface area contributed by atoms with Crippen molar-refractivity contribution >= 4 is 11.6 Å². The van der Waals surface area contributed by atoms with E-state index in [1.807, 2.05) is 0 Å². The van der Waals surface area contributed by atoms with Gasteiger partial charge in [0, 0.05) is 12.7 Å². The number of anilines is 1. The molecule has 2 rings (SSSR count). The zero-order valence-electron chi connectivity index (χ0n) is 10.6. The first kappa shape index (κ1) is 14.9. The van der Waals surface area contributed by atoms with Gasteiger partial charge in [0.25, 0.3) is 5.91 Å². The Labute approximate surface area is 117 Å². The van der Waals surface area contributed by atoms with Crippen molar-refractivity contribution < 1.29 is 23.1 Å². The van der Waals surface area contributed by atoms with Gasteiger partial charge < -0.3 is 16.2 Å². The van der Waals surface area contributed by atoms with Crippen molar-refractivity contribution in [2.24, 2.45) is 5.73 Å². The third-order valence-corrected chi connectivity index (χ3v) is 2.63. The number of carbonyl (C=O) groups is 1. The highest BCUT2D eigenvalue weighted by molar-refractivity contribution is 6.04. The fourth-order valence-corrected chi connectivity index (χ4v) is 1.64. The first-order valence-corrected chi connectivity index (χ1v) is 5.84. The number of rotatable bonds is 4. The number of halogens is 3. The summed E-state index contributed by atoms with van der Waals surface area (Å²) < 4.78 is 41.0. The van der Waals surface area contributed by atoms with Crippen LogP contribution in [0.25, 0.3) is 0 Å². The maximum Gasteiger partial charge on any atom is 0.258 e. The Balaban J connectivity index is 2.24. The molecule has 0 atom stereocenters. The molecule has 0 saturated carbocycles. The van der Waals surface area contributed by atoms with E-state index in [0.717, 1.165) is 0 Å². The average Bonchev–Trinajstić information content (AvgIpc) is 2.88. The number of carbonyl (C=O) groups excluding carboxylic acids is 1. The van der Waals surface area contributed by atoms with Crippen molar-refractivity contribution in [2.45, 2.75) is 6.54 Å². The predicted octanol–water partition coefficient (Wildman–Crippen LogP) is 1.22. The highest BCUT2D eigenvalue weighted by Crippen LogP contribution is 2.26. The van der Waals surface area contributed by atoms with Crippen LogP contribution in [0, 0.1) is 17.5 Å². The van der Waals surface area contributed by atoms with Gasteiger partial charge in [-0.15, -0.1) is 0 Å². The average molecular weight is 300 g/mol. The van der Waals surface area contributed by atoms with Crippen LogP contribution in [0.5, 0.6) is 5.75 Å². The molecule has 0 aliphatic rings. The maximum atomic E-state index is 13.6. The SMILES string of the molecule is NCCn1cc(NC(=O)c2cc(F)c(F)c(O)c2F)cn1. The van der Waals surface area contributed by atoms with E-state index in [0.29, 0.717) is 19.2 Å². The van der Waals surface area contributed by atoms with E-state index < -0.39 is 34.7 Å². The molecular formula is C12H11F3N4O2. The minimum atomic E-state index is -1.75. The van der Waals surface area contributed by atoms with Crippen molar-refractivity contribution in [1.29, 1.82) is 0 Å². The molecule has 112 valence electrons. The Morgan fingerprint density at radius 1 is 1.38 bits per heavy atom. The molecule has 0 saturated heterocycles. The first-order chi connectivity index (χ1) is 9.93. The van der Waals surface area contributed by atoms with Crippen molar-refractivity contribution in [2.75, 3.05) is 11.9 Å². The molecule has 1 amide bonds. The zero-order valence-corrected chi connectivity index (χ0v) is 10.6. The number of benzene rings is 1. The molecule has 6 nitrogen and oxygen atoms in total. The van der Waals surface area contributed by atoms with E-state index in [1.165, 1.54) is 17.1 Å². The summed E-state index contributed by atoms with van der Waals surface area (Å²) >= 11 is 0. The number of phenols is 1. The quantitative estimate of drug-likeness (QED) is 0.740. The number of nitrogens with one attached hydrogen (secondary N) is 1. The summed E-state index contributed by atoms with van der Waals surface area (Å²) in [6.07, 6.45) is 2.72. The summed E-state index contributed by atoms with van der Waals surface area (Å²) in [7, 11) is 0. The van der Waals surface area contributed by atoms with E-state index in [-0.39, 0.29) is 5.69 Å². The van der Waals surface area contributed by atoms with Gasteiger partial charge in [-0.2, -0.15) is 9.49 Å². The third kappa shape index (κ3) is 2.97. The lowest BCUT2D eigenvalue weighted by Crippen LogP contribution is -2.15. The van der Waals surface area contributed by atoms with Crippen LogP contribution in [0.15, 0.2) is 18.5 Å². The van der Waals surface area contributed by atoms with Crippen LogP contribution in [0.4, 0.5) is 18.9 Å². The van der Waals surface area contributed by atoms with E-state index in [2.05, 4.69) is 10.4 Å². The Morgan fingerprint density at radius 3 is 2.76 bits per heavy atom. The lowest BCUT2D eigenvalue weighted by atomic mass is 10.1. The lowest BCUT2D eigenvalue weighted by molar-refractivity contribution is 0.102. The largest absolute Gasteiger partial charge is 0.503 e. The smallest absolute Gasteiger partial charge is 0.258 e. The fraction of sp³-hybridized carbons (Fsp3) is 0.167. The highest BCUT2D eigenvalue weighted by atomic mass is 19.2. The molecule has 4 N–H and O–H groups in total. The van der Waals surface area contributed by atoms with E-state index in [4.69, 9.17) is 10.8 Å². The predicted molar refractivity (Wildman–Crippen MR) is 67.2 cm³/mol. The maximum absolute atomic E-state index is 13.6. The molecule has 0 aliphatic heterocycles.